The van der Waals surface area contributed by atoms with Crippen LogP contribution in [0.2, 0.25) is 0 Å². The van der Waals surface area contributed by atoms with Gasteiger partial charge in [-0.1, -0.05) is 26.0 Å². The summed E-state index contributed by atoms with van der Waals surface area (Å²) in [6.07, 6.45) is 2.26. The van der Waals surface area contributed by atoms with E-state index in [0.29, 0.717) is 19.4 Å². The number of fused-ring (bicyclic) bond motifs is 1. The summed E-state index contributed by atoms with van der Waals surface area (Å²) in [4.78, 5) is 30.8. The second-order valence-corrected chi connectivity index (χ2v) is 11.0. The summed E-state index contributed by atoms with van der Waals surface area (Å²) >= 11 is 0. The van der Waals surface area contributed by atoms with Crippen molar-refractivity contribution < 1.29 is 34.0 Å². The molecule has 2 saturated heterocycles. The highest BCUT2D eigenvalue weighted by Gasteiger charge is 2.53. The Balaban J connectivity index is 1.89. The van der Waals surface area contributed by atoms with Crippen molar-refractivity contribution in [3.63, 3.8) is 0 Å². The van der Waals surface area contributed by atoms with E-state index in [1.807, 2.05) is 38.1 Å². The molecule has 0 unspecified atom stereocenters. The number of esters is 1. The molecular weight excluding hydrogens is 474 g/mol. The van der Waals surface area contributed by atoms with Gasteiger partial charge in [-0.3, -0.25) is 14.6 Å². The Labute approximate surface area is 219 Å². The Bertz CT molecular complexity index is 991. The number of cyclic esters (lactones) is 1. The molecule has 0 aliphatic carbocycles. The summed E-state index contributed by atoms with van der Waals surface area (Å²) in [6, 6.07) is 5.57. The van der Waals surface area contributed by atoms with E-state index < -0.39 is 47.3 Å². The first-order valence-corrected chi connectivity index (χ1v) is 13.0. The van der Waals surface area contributed by atoms with Gasteiger partial charge in [0.05, 0.1) is 53.5 Å². The number of aliphatic hydroxyl groups is 2. The largest absolute Gasteiger partial charge is 0.458 e. The summed E-state index contributed by atoms with van der Waals surface area (Å²) in [5, 5.41) is 21.9. The predicted octanol–water partition coefficient (Wildman–Crippen LogP) is 3.65. The monoisotopic (exact) mass is 515 g/mol. The number of aliphatic hydroxyl groups excluding tert-OH is 2. The molecule has 0 radical (unpaired) electrons. The molecule has 8 heteroatoms. The molecule has 1 aromatic heterocycles. The van der Waals surface area contributed by atoms with Crippen molar-refractivity contribution in [2.24, 2.45) is 11.3 Å². The van der Waals surface area contributed by atoms with Gasteiger partial charge in [0, 0.05) is 25.6 Å². The molecule has 3 heterocycles. The number of hydrogen-bond donors (Lipinski definition) is 2. The van der Waals surface area contributed by atoms with Crippen LogP contribution >= 0.6 is 0 Å². The molecule has 2 aliphatic rings. The van der Waals surface area contributed by atoms with E-state index in [-0.39, 0.29) is 24.7 Å². The molecule has 204 valence electrons. The normalized spacial score (nSPS) is 35.8. The first-order valence-electron chi connectivity index (χ1n) is 13.0. The quantitative estimate of drug-likeness (QED) is 0.354. The molecule has 0 bridgehead atoms. The van der Waals surface area contributed by atoms with Gasteiger partial charge in [0.1, 0.15) is 11.9 Å². The molecule has 3 rings (SSSR count). The van der Waals surface area contributed by atoms with Gasteiger partial charge in [-0.05, 0) is 51.0 Å². The zero-order valence-electron chi connectivity index (χ0n) is 22.6. The minimum Gasteiger partial charge on any atom is -0.458 e. The molecule has 0 spiro atoms. The van der Waals surface area contributed by atoms with Crippen molar-refractivity contribution in [3.8, 4) is 0 Å². The molecule has 2 aliphatic heterocycles. The minimum atomic E-state index is -1.31. The van der Waals surface area contributed by atoms with Crippen LogP contribution in [0.1, 0.15) is 66.0 Å². The Morgan fingerprint density at radius 1 is 1.24 bits per heavy atom. The number of rotatable bonds is 4. The van der Waals surface area contributed by atoms with Gasteiger partial charge in [-0.15, -0.1) is 6.58 Å². The van der Waals surface area contributed by atoms with Gasteiger partial charge in [-0.2, -0.15) is 0 Å². The molecule has 37 heavy (non-hydrogen) atoms. The van der Waals surface area contributed by atoms with Crippen molar-refractivity contribution in [3.05, 3.63) is 48.3 Å². The first-order chi connectivity index (χ1) is 17.4. The Morgan fingerprint density at radius 3 is 2.62 bits per heavy atom. The molecule has 0 aromatic carbocycles. The van der Waals surface area contributed by atoms with Crippen molar-refractivity contribution in [2.45, 2.75) is 96.4 Å². The van der Waals surface area contributed by atoms with E-state index in [1.165, 1.54) is 0 Å². The van der Waals surface area contributed by atoms with E-state index >= 15 is 0 Å². The lowest BCUT2D eigenvalue weighted by Gasteiger charge is -2.35. The maximum atomic E-state index is 13.5. The number of pyridine rings is 1. The Kier molecular flexibility index (Phi) is 9.45. The van der Waals surface area contributed by atoms with Crippen LogP contribution in [-0.4, -0.2) is 69.7 Å². The van der Waals surface area contributed by atoms with E-state index in [0.717, 1.165) is 11.3 Å². The van der Waals surface area contributed by atoms with Crippen molar-refractivity contribution >= 4 is 17.8 Å². The smallest absolute Gasteiger partial charge is 0.309 e. The number of ether oxygens (including phenoxy) is 3. The van der Waals surface area contributed by atoms with E-state index in [9.17, 15) is 19.8 Å². The molecule has 0 amide bonds. The highest BCUT2D eigenvalue weighted by atomic mass is 16.6. The lowest BCUT2D eigenvalue weighted by molar-refractivity contribution is -0.155. The third kappa shape index (κ3) is 7.13. The Morgan fingerprint density at radius 2 is 1.97 bits per heavy atom. The minimum absolute atomic E-state index is 0.148. The lowest BCUT2D eigenvalue weighted by Crippen LogP contribution is -2.48. The summed E-state index contributed by atoms with van der Waals surface area (Å²) in [7, 11) is 0. The third-order valence-electron chi connectivity index (χ3n) is 7.77. The molecule has 0 saturated carbocycles. The second-order valence-electron chi connectivity index (χ2n) is 11.0. The Hall–Kier alpha value is -2.39. The molecule has 2 N–H and O–H groups in total. The van der Waals surface area contributed by atoms with Crippen molar-refractivity contribution in [2.75, 3.05) is 6.61 Å². The maximum absolute atomic E-state index is 13.5. The lowest BCUT2D eigenvalue weighted by atomic mass is 9.72. The fraction of sp³-hybridized carbons (Fsp3) is 0.621. The molecular formula is C29H41NO7. The van der Waals surface area contributed by atoms with E-state index in [4.69, 9.17) is 14.2 Å². The van der Waals surface area contributed by atoms with Crippen LogP contribution in [0, 0.1) is 11.3 Å². The highest BCUT2D eigenvalue weighted by Crippen LogP contribution is 2.43. The third-order valence-corrected chi connectivity index (χ3v) is 7.77. The number of nitrogens with zero attached hydrogens (tertiary/aromatic N) is 1. The number of Topliss-reactive ketones (excluding diaryl/α,β-unsaturated/α-hetero) is 1. The van der Waals surface area contributed by atoms with Crippen LogP contribution < -0.4 is 0 Å². The highest BCUT2D eigenvalue weighted by molar-refractivity contribution is 5.88. The summed E-state index contributed by atoms with van der Waals surface area (Å²) in [6.45, 7) is 12.8. The number of carbonyl (C=O) groups is 2. The van der Waals surface area contributed by atoms with Crippen LogP contribution in [0.3, 0.4) is 0 Å². The molecule has 2 fully saturated rings. The molecule has 7 atom stereocenters. The number of ketones is 1. The van der Waals surface area contributed by atoms with Gasteiger partial charge in [0.2, 0.25) is 0 Å². The number of carbonyl (C=O) groups excluding carboxylic acids is 2. The zero-order chi connectivity index (χ0) is 27.4. The zero-order valence-corrected chi connectivity index (χ0v) is 22.6. The molecule has 8 nitrogen and oxygen atoms in total. The van der Waals surface area contributed by atoms with Gasteiger partial charge < -0.3 is 24.4 Å². The predicted molar refractivity (Wildman–Crippen MR) is 139 cm³/mol. The maximum Gasteiger partial charge on any atom is 0.309 e. The van der Waals surface area contributed by atoms with Crippen molar-refractivity contribution in [1.82, 2.24) is 4.98 Å². The standard InChI is InChI=1S/C29H41NO7/c1-7-10-21-26(33)19(3)35-14-12-29(6)24(37-29)16-22(18(2)15-20-11-8-9-13-30-20)36-25(32)17-23(31)28(4,5)27(21)34/h7-9,11,13,15,19,21-24,26,31,33H,1,10,12,14,16-17H2,2-6H3/t19-,21-,22+,23+,24+,26-,29-/m1/s1. The average Bonchev–Trinajstić information content (AvgIpc) is 3.49. The summed E-state index contributed by atoms with van der Waals surface area (Å²) < 4.78 is 17.8. The number of allylic oxidation sites excluding steroid dienone is 1. The van der Waals surface area contributed by atoms with Crippen molar-refractivity contribution in [1.29, 1.82) is 0 Å². The number of epoxide rings is 1. The van der Waals surface area contributed by atoms with Gasteiger partial charge in [0.15, 0.2) is 0 Å². The first kappa shape index (κ1) is 29.2. The fourth-order valence-corrected chi connectivity index (χ4v) is 4.83. The number of hydrogen-bond acceptors (Lipinski definition) is 8. The van der Waals surface area contributed by atoms with Gasteiger partial charge in [0.25, 0.3) is 0 Å². The van der Waals surface area contributed by atoms with Gasteiger partial charge in [-0.25, -0.2) is 0 Å². The summed E-state index contributed by atoms with van der Waals surface area (Å²) in [5.74, 6) is -1.81. The van der Waals surface area contributed by atoms with Gasteiger partial charge >= 0.3 is 5.97 Å². The van der Waals surface area contributed by atoms with Crippen LogP contribution in [0.25, 0.3) is 6.08 Å². The SMILES string of the molecule is C=CC[C@H]1C(=O)C(C)(C)[C@@H](O)CC(=O)O[C@H](C(C)=Cc2ccccn2)C[C@@H]2O[C@]2(C)CCO[C@H](C)[C@H]1O. The number of aromatic nitrogens is 1. The van der Waals surface area contributed by atoms with E-state index in [1.54, 1.807) is 33.0 Å². The van der Waals surface area contributed by atoms with Crippen LogP contribution in [0.4, 0.5) is 0 Å². The molecule has 1 aromatic rings. The van der Waals surface area contributed by atoms with Crippen LogP contribution in [-0.2, 0) is 23.8 Å². The van der Waals surface area contributed by atoms with E-state index in [2.05, 4.69) is 11.6 Å². The van der Waals surface area contributed by atoms with Crippen LogP contribution in [0.5, 0.6) is 0 Å². The second kappa shape index (κ2) is 12.0. The topological polar surface area (TPSA) is 118 Å². The summed E-state index contributed by atoms with van der Waals surface area (Å²) in [5.41, 5.74) is -0.217. The fourth-order valence-electron chi connectivity index (χ4n) is 4.83. The van der Waals surface area contributed by atoms with Crippen LogP contribution in [0.15, 0.2) is 42.6 Å². The average molecular weight is 516 g/mol.